The summed E-state index contributed by atoms with van der Waals surface area (Å²) < 4.78 is 8.30. The molecule has 0 spiro atoms. The fourth-order valence-electron chi connectivity index (χ4n) is 3.16. The topological polar surface area (TPSA) is 52.0 Å². The van der Waals surface area contributed by atoms with E-state index in [0.717, 1.165) is 36.8 Å². The summed E-state index contributed by atoms with van der Waals surface area (Å²) in [5.41, 5.74) is 1.23. The highest BCUT2D eigenvalue weighted by Gasteiger charge is 2.26. The average Bonchev–Trinajstić information content (AvgIpc) is 2.86. The molecule has 2 aromatic rings. The largest absolute Gasteiger partial charge is 0.489 e. The zero-order valence-electron chi connectivity index (χ0n) is 14.2. The van der Waals surface area contributed by atoms with Crippen LogP contribution < -0.4 is 10.1 Å². The van der Waals surface area contributed by atoms with Gasteiger partial charge < -0.3 is 14.6 Å². The minimum Gasteiger partial charge on any atom is -0.489 e. The van der Waals surface area contributed by atoms with Gasteiger partial charge in [-0.25, -0.2) is 0 Å². The van der Waals surface area contributed by atoms with Gasteiger partial charge >= 0.3 is 0 Å². The smallest absolute Gasteiger partial charge is 0.146 e. The van der Waals surface area contributed by atoms with Crippen molar-refractivity contribution in [3.8, 4) is 5.75 Å². The maximum absolute atomic E-state index is 6.27. The van der Waals surface area contributed by atoms with Crippen molar-refractivity contribution < 1.29 is 4.74 Å². The Bertz CT molecular complexity index is 652. The molecule has 1 saturated carbocycles. The van der Waals surface area contributed by atoms with Gasteiger partial charge in [0, 0.05) is 13.1 Å². The molecule has 1 aromatic heterocycles. The molecule has 1 aliphatic carbocycles. The molecule has 0 unspecified atom stereocenters. The van der Waals surface area contributed by atoms with E-state index in [1.165, 1.54) is 18.4 Å². The molecule has 5 heteroatoms. The standard InChI is InChI=1S/C18H26N4O/c1-13-7-6-8-15(11-13)23-17-10-5-4-9-16(17)19-12-18-21-20-14(2)22(18)3/h6-8,11,16-17,19H,4-5,9-10,12H2,1-3H3/t16-,17-/m0/s1. The van der Waals surface area contributed by atoms with Gasteiger partial charge in [-0.3, -0.25) is 0 Å². The van der Waals surface area contributed by atoms with Crippen molar-refractivity contribution in [2.24, 2.45) is 7.05 Å². The summed E-state index contributed by atoms with van der Waals surface area (Å²) >= 11 is 0. The Hall–Kier alpha value is -1.88. The second-order valence-corrected chi connectivity index (χ2v) is 6.47. The van der Waals surface area contributed by atoms with E-state index in [1.54, 1.807) is 0 Å². The quantitative estimate of drug-likeness (QED) is 0.922. The van der Waals surface area contributed by atoms with Crippen LogP contribution in [0.5, 0.6) is 5.75 Å². The number of nitrogens with one attached hydrogen (secondary N) is 1. The van der Waals surface area contributed by atoms with Gasteiger partial charge in [0.15, 0.2) is 0 Å². The lowest BCUT2D eigenvalue weighted by Gasteiger charge is -2.32. The van der Waals surface area contributed by atoms with Crippen LogP contribution in [0.25, 0.3) is 0 Å². The number of ether oxygens (including phenoxy) is 1. The number of rotatable bonds is 5. The first-order chi connectivity index (χ1) is 11.1. The molecule has 5 nitrogen and oxygen atoms in total. The zero-order valence-corrected chi connectivity index (χ0v) is 14.2. The van der Waals surface area contributed by atoms with Gasteiger partial charge in [-0.1, -0.05) is 18.6 Å². The van der Waals surface area contributed by atoms with Gasteiger partial charge in [-0.2, -0.15) is 0 Å². The molecule has 1 aliphatic rings. The molecule has 1 fully saturated rings. The third kappa shape index (κ3) is 3.91. The summed E-state index contributed by atoms with van der Waals surface area (Å²) in [5.74, 6) is 2.89. The lowest BCUT2D eigenvalue weighted by atomic mass is 9.92. The van der Waals surface area contributed by atoms with Crippen molar-refractivity contribution >= 4 is 0 Å². The summed E-state index contributed by atoms with van der Waals surface area (Å²) in [6, 6.07) is 8.67. The number of hydrogen-bond donors (Lipinski definition) is 1. The molecule has 124 valence electrons. The first kappa shape index (κ1) is 16.0. The maximum atomic E-state index is 6.27. The minimum absolute atomic E-state index is 0.222. The van der Waals surface area contributed by atoms with E-state index in [4.69, 9.17) is 4.74 Å². The Kier molecular flexibility index (Phi) is 4.96. The van der Waals surface area contributed by atoms with Crippen molar-refractivity contribution in [1.29, 1.82) is 0 Å². The van der Waals surface area contributed by atoms with E-state index >= 15 is 0 Å². The number of aryl methyl sites for hydroxylation is 2. The van der Waals surface area contributed by atoms with Gasteiger partial charge in [0.25, 0.3) is 0 Å². The molecule has 0 aliphatic heterocycles. The van der Waals surface area contributed by atoms with Crippen LogP contribution in [0, 0.1) is 13.8 Å². The number of nitrogens with zero attached hydrogens (tertiary/aromatic N) is 3. The van der Waals surface area contributed by atoms with Crippen LogP contribution in [-0.2, 0) is 13.6 Å². The predicted molar refractivity (Wildman–Crippen MR) is 90.4 cm³/mol. The number of benzene rings is 1. The van der Waals surface area contributed by atoms with Gasteiger partial charge in [-0.15, -0.1) is 10.2 Å². The highest BCUT2D eigenvalue weighted by atomic mass is 16.5. The molecule has 0 radical (unpaired) electrons. The highest BCUT2D eigenvalue weighted by molar-refractivity contribution is 5.27. The summed E-state index contributed by atoms with van der Waals surface area (Å²) in [7, 11) is 2.01. The van der Waals surface area contributed by atoms with E-state index in [9.17, 15) is 0 Å². The second kappa shape index (κ2) is 7.13. The van der Waals surface area contributed by atoms with Crippen LogP contribution in [0.3, 0.4) is 0 Å². The molecule has 1 aromatic carbocycles. The molecule has 3 rings (SSSR count). The van der Waals surface area contributed by atoms with Crippen LogP contribution in [0.2, 0.25) is 0 Å². The van der Waals surface area contributed by atoms with Crippen molar-refractivity contribution in [3.05, 3.63) is 41.5 Å². The van der Waals surface area contributed by atoms with Gasteiger partial charge in [0.05, 0.1) is 6.54 Å². The third-order valence-corrected chi connectivity index (χ3v) is 4.68. The summed E-state index contributed by atoms with van der Waals surface area (Å²) in [6.45, 7) is 4.80. The summed E-state index contributed by atoms with van der Waals surface area (Å²) in [4.78, 5) is 0. The lowest BCUT2D eigenvalue weighted by molar-refractivity contribution is 0.112. The van der Waals surface area contributed by atoms with E-state index in [-0.39, 0.29) is 6.10 Å². The third-order valence-electron chi connectivity index (χ3n) is 4.68. The van der Waals surface area contributed by atoms with Crippen LogP contribution in [0.1, 0.15) is 42.9 Å². The van der Waals surface area contributed by atoms with Crippen LogP contribution >= 0.6 is 0 Å². The van der Waals surface area contributed by atoms with Crippen LogP contribution in [-0.4, -0.2) is 26.9 Å². The normalized spacial score (nSPS) is 21.3. The number of aromatic nitrogens is 3. The lowest BCUT2D eigenvalue weighted by Crippen LogP contribution is -2.45. The predicted octanol–water partition coefficient (Wildman–Crippen LogP) is 2.91. The van der Waals surface area contributed by atoms with E-state index in [1.807, 2.05) is 24.6 Å². The van der Waals surface area contributed by atoms with Crippen molar-refractivity contribution in [3.63, 3.8) is 0 Å². The average molecular weight is 314 g/mol. The highest BCUT2D eigenvalue weighted by Crippen LogP contribution is 2.24. The summed E-state index contributed by atoms with van der Waals surface area (Å²) in [6.07, 6.45) is 4.96. The Balaban J connectivity index is 1.63. The monoisotopic (exact) mass is 314 g/mol. The Morgan fingerprint density at radius 1 is 1.22 bits per heavy atom. The SMILES string of the molecule is Cc1cccc(O[C@H]2CCCC[C@@H]2NCc2nnc(C)n2C)c1. The van der Waals surface area contributed by atoms with Gasteiger partial charge in [0.1, 0.15) is 23.5 Å². The second-order valence-electron chi connectivity index (χ2n) is 6.47. The molecule has 0 bridgehead atoms. The van der Waals surface area contributed by atoms with Crippen molar-refractivity contribution in [2.75, 3.05) is 0 Å². The molecule has 1 heterocycles. The first-order valence-corrected chi connectivity index (χ1v) is 8.45. The molecule has 23 heavy (non-hydrogen) atoms. The van der Waals surface area contributed by atoms with Crippen molar-refractivity contribution in [1.82, 2.24) is 20.1 Å². The van der Waals surface area contributed by atoms with E-state index in [0.29, 0.717) is 6.04 Å². The van der Waals surface area contributed by atoms with Gasteiger partial charge in [-0.05, 0) is 50.8 Å². The van der Waals surface area contributed by atoms with Gasteiger partial charge in [0.2, 0.25) is 0 Å². The van der Waals surface area contributed by atoms with E-state index in [2.05, 4.69) is 40.6 Å². The Morgan fingerprint density at radius 3 is 2.78 bits per heavy atom. The van der Waals surface area contributed by atoms with E-state index < -0.39 is 0 Å². The van der Waals surface area contributed by atoms with Crippen molar-refractivity contribution in [2.45, 2.75) is 58.2 Å². The Labute approximate surface area is 138 Å². The van der Waals surface area contributed by atoms with Crippen LogP contribution in [0.15, 0.2) is 24.3 Å². The molecule has 2 atom stereocenters. The fraction of sp³-hybridized carbons (Fsp3) is 0.556. The molecule has 0 saturated heterocycles. The molecule has 0 amide bonds. The minimum atomic E-state index is 0.222. The zero-order chi connectivity index (χ0) is 16.2. The first-order valence-electron chi connectivity index (χ1n) is 8.45. The fourth-order valence-corrected chi connectivity index (χ4v) is 3.16. The van der Waals surface area contributed by atoms with Crippen LogP contribution in [0.4, 0.5) is 0 Å². The maximum Gasteiger partial charge on any atom is 0.146 e. The molecule has 1 N–H and O–H groups in total. The summed E-state index contributed by atoms with van der Waals surface area (Å²) in [5, 5.41) is 12.0. The molecular weight excluding hydrogens is 288 g/mol. The molecular formula is C18H26N4O. The number of hydrogen-bond acceptors (Lipinski definition) is 4. The Morgan fingerprint density at radius 2 is 2.04 bits per heavy atom.